The van der Waals surface area contributed by atoms with Gasteiger partial charge in [-0.05, 0) is 43.5 Å². The molecule has 0 bridgehead atoms. The van der Waals surface area contributed by atoms with Crippen LogP contribution in [0.5, 0.6) is 0 Å². The second kappa shape index (κ2) is 6.11. The normalized spacial score (nSPS) is 18.3. The average molecular weight is 293 g/mol. The molecule has 0 radical (unpaired) electrons. The fraction of sp³-hybridized carbons (Fsp3) is 0.467. The van der Waals surface area contributed by atoms with Crippen molar-refractivity contribution in [2.75, 3.05) is 0 Å². The zero-order chi connectivity index (χ0) is 15.5. The van der Waals surface area contributed by atoms with Crippen LogP contribution >= 0.6 is 0 Å². The molecule has 4 N–H and O–H groups in total. The van der Waals surface area contributed by atoms with E-state index in [2.05, 4.69) is 10.5 Å². The van der Waals surface area contributed by atoms with Gasteiger partial charge in [-0.1, -0.05) is 24.4 Å². The van der Waals surface area contributed by atoms with Crippen molar-refractivity contribution in [3.63, 3.8) is 0 Å². The minimum absolute atomic E-state index is 0.0226. The first-order chi connectivity index (χ1) is 9.98. The van der Waals surface area contributed by atoms with Crippen molar-refractivity contribution in [1.29, 1.82) is 0 Å². The highest BCUT2D eigenvalue weighted by Crippen LogP contribution is 2.29. The lowest BCUT2D eigenvalue weighted by Crippen LogP contribution is -2.58. The number of aryl methyl sites for hydroxylation is 1. The molecule has 0 unspecified atom stereocenters. The van der Waals surface area contributed by atoms with E-state index in [0.717, 1.165) is 19.3 Å². The maximum atomic E-state index is 13.3. The Morgan fingerprint density at radius 3 is 2.62 bits per heavy atom. The van der Waals surface area contributed by atoms with Crippen molar-refractivity contribution in [3.8, 4) is 0 Å². The maximum Gasteiger partial charge on any atom is 0.252 e. The van der Waals surface area contributed by atoms with Crippen molar-refractivity contribution < 1.29 is 14.4 Å². The van der Waals surface area contributed by atoms with Gasteiger partial charge in [-0.15, -0.1) is 0 Å². The molecule has 1 aliphatic rings. The van der Waals surface area contributed by atoms with Gasteiger partial charge in [-0.25, -0.2) is 4.39 Å². The van der Waals surface area contributed by atoms with Gasteiger partial charge in [0.05, 0.1) is 0 Å². The van der Waals surface area contributed by atoms with E-state index in [4.69, 9.17) is 10.9 Å². The molecule has 0 aliphatic heterocycles. The zero-order valence-electron chi connectivity index (χ0n) is 12.0. The lowest BCUT2D eigenvalue weighted by Gasteiger charge is -2.36. The Morgan fingerprint density at radius 1 is 1.38 bits per heavy atom. The molecular formula is C15H20FN3O2. The van der Waals surface area contributed by atoms with Crippen LogP contribution in [0.3, 0.4) is 0 Å². The Hall–Kier alpha value is -2.11. The first kappa shape index (κ1) is 15.3. The van der Waals surface area contributed by atoms with Crippen LogP contribution in [0.25, 0.3) is 0 Å². The Labute approximate surface area is 123 Å². The smallest absolute Gasteiger partial charge is 0.252 e. The van der Waals surface area contributed by atoms with E-state index >= 15 is 0 Å². The quantitative estimate of drug-likeness (QED) is 0.346. The molecule has 0 spiro atoms. The van der Waals surface area contributed by atoms with Crippen molar-refractivity contribution in [1.82, 2.24) is 5.32 Å². The highest BCUT2D eigenvalue weighted by Gasteiger charge is 2.38. The van der Waals surface area contributed by atoms with Gasteiger partial charge in [0.2, 0.25) is 0 Å². The number of carbonyl (C=O) groups is 1. The van der Waals surface area contributed by atoms with Crippen LogP contribution in [-0.2, 0) is 0 Å². The second-order valence-corrected chi connectivity index (χ2v) is 5.55. The predicted molar refractivity (Wildman–Crippen MR) is 77.8 cm³/mol. The number of benzene rings is 1. The van der Waals surface area contributed by atoms with Gasteiger partial charge in [0, 0.05) is 5.56 Å². The second-order valence-electron chi connectivity index (χ2n) is 5.55. The summed E-state index contributed by atoms with van der Waals surface area (Å²) < 4.78 is 13.3. The molecule has 2 rings (SSSR count). The number of nitrogens with one attached hydrogen (secondary N) is 1. The van der Waals surface area contributed by atoms with E-state index in [0.29, 0.717) is 24.0 Å². The Morgan fingerprint density at radius 2 is 2.05 bits per heavy atom. The lowest BCUT2D eigenvalue weighted by atomic mass is 9.80. The van der Waals surface area contributed by atoms with Crippen molar-refractivity contribution in [3.05, 3.63) is 35.1 Å². The largest absolute Gasteiger partial charge is 0.409 e. The molecule has 1 aromatic carbocycles. The molecule has 0 heterocycles. The average Bonchev–Trinajstić information content (AvgIpc) is 2.50. The van der Waals surface area contributed by atoms with Gasteiger partial charge in [-0.2, -0.15) is 0 Å². The number of oxime groups is 1. The van der Waals surface area contributed by atoms with Crippen LogP contribution in [0.1, 0.15) is 48.0 Å². The van der Waals surface area contributed by atoms with Crippen LogP contribution in [0.15, 0.2) is 23.4 Å². The van der Waals surface area contributed by atoms with E-state index in [9.17, 15) is 9.18 Å². The number of hydrogen-bond donors (Lipinski definition) is 3. The fourth-order valence-electron chi connectivity index (χ4n) is 2.77. The molecule has 5 nitrogen and oxygen atoms in total. The first-order valence-electron chi connectivity index (χ1n) is 7.05. The molecule has 1 aromatic rings. The summed E-state index contributed by atoms with van der Waals surface area (Å²) in [4.78, 5) is 12.4. The standard InChI is InChI=1S/C15H20FN3O2/c1-10-9-11(5-6-12(10)16)13(20)18-15(14(17)19-21)7-3-2-4-8-15/h5-6,9,21H,2-4,7-8H2,1H3,(H2,17,19)(H,18,20). The van der Waals surface area contributed by atoms with E-state index in [-0.39, 0.29) is 17.6 Å². The summed E-state index contributed by atoms with van der Waals surface area (Å²) in [5.74, 6) is -0.670. The van der Waals surface area contributed by atoms with Gasteiger partial charge in [0.1, 0.15) is 11.4 Å². The minimum atomic E-state index is -0.813. The van der Waals surface area contributed by atoms with Gasteiger partial charge >= 0.3 is 0 Å². The van der Waals surface area contributed by atoms with Crippen molar-refractivity contribution in [2.24, 2.45) is 10.9 Å². The van der Waals surface area contributed by atoms with Crippen LogP contribution in [0, 0.1) is 12.7 Å². The van der Waals surface area contributed by atoms with Gasteiger partial charge < -0.3 is 16.3 Å². The van der Waals surface area contributed by atoms with Crippen molar-refractivity contribution >= 4 is 11.7 Å². The van der Waals surface area contributed by atoms with Crippen LogP contribution in [-0.4, -0.2) is 22.5 Å². The zero-order valence-corrected chi connectivity index (χ0v) is 12.0. The molecule has 0 atom stereocenters. The monoisotopic (exact) mass is 293 g/mol. The third-order valence-corrected chi connectivity index (χ3v) is 4.08. The third-order valence-electron chi connectivity index (χ3n) is 4.08. The number of amides is 1. The molecule has 0 aromatic heterocycles. The summed E-state index contributed by atoms with van der Waals surface area (Å²) in [5, 5.41) is 14.9. The SMILES string of the molecule is Cc1cc(C(=O)NC2(C(N)=NO)CCCCC2)ccc1F. The maximum absolute atomic E-state index is 13.3. The number of nitrogens with zero attached hydrogens (tertiary/aromatic N) is 1. The number of rotatable bonds is 3. The molecule has 1 fully saturated rings. The number of amidine groups is 1. The summed E-state index contributed by atoms with van der Waals surface area (Å²) >= 11 is 0. The number of hydrogen-bond acceptors (Lipinski definition) is 3. The van der Waals surface area contributed by atoms with E-state index in [1.54, 1.807) is 6.92 Å². The van der Waals surface area contributed by atoms with Gasteiger partial charge in [-0.3, -0.25) is 4.79 Å². The molecule has 1 aliphatic carbocycles. The topological polar surface area (TPSA) is 87.7 Å². The minimum Gasteiger partial charge on any atom is -0.409 e. The molecule has 1 amide bonds. The van der Waals surface area contributed by atoms with Crippen LogP contribution in [0.4, 0.5) is 4.39 Å². The fourth-order valence-corrected chi connectivity index (χ4v) is 2.77. The lowest BCUT2D eigenvalue weighted by molar-refractivity contribution is 0.0905. The number of halogens is 1. The molecule has 0 saturated heterocycles. The van der Waals surface area contributed by atoms with Crippen molar-refractivity contribution in [2.45, 2.75) is 44.6 Å². The van der Waals surface area contributed by atoms with Crippen LogP contribution < -0.4 is 11.1 Å². The molecule has 6 heteroatoms. The van der Waals surface area contributed by atoms with Crippen LogP contribution in [0.2, 0.25) is 0 Å². The predicted octanol–water partition coefficient (Wildman–Crippen LogP) is 2.31. The van der Waals surface area contributed by atoms with E-state index in [1.165, 1.54) is 18.2 Å². The number of nitrogens with two attached hydrogens (primary N) is 1. The Kier molecular flexibility index (Phi) is 4.45. The molecular weight excluding hydrogens is 273 g/mol. The third kappa shape index (κ3) is 3.15. The van der Waals surface area contributed by atoms with E-state index in [1.807, 2.05) is 0 Å². The van der Waals surface area contributed by atoms with Gasteiger partial charge in [0.25, 0.3) is 5.91 Å². The summed E-state index contributed by atoms with van der Waals surface area (Å²) in [5.41, 5.74) is 5.75. The van der Waals surface area contributed by atoms with E-state index < -0.39 is 5.54 Å². The highest BCUT2D eigenvalue weighted by atomic mass is 19.1. The molecule has 1 saturated carbocycles. The summed E-state index contributed by atoms with van der Waals surface area (Å²) in [6.45, 7) is 1.60. The number of carbonyl (C=O) groups excluding carboxylic acids is 1. The summed E-state index contributed by atoms with van der Waals surface area (Å²) in [7, 11) is 0. The Bertz CT molecular complexity index is 566. The Balaban J connectivity index is 2.23. The van der Waals surface area contributed by atoms with Gasteiger partial charge in [0.15, 0.2) is 5.84 Å². The summed E-state index contributed by atoms with van der Waals surface area (Å²) in [6.07, 6.45) is 4.13. The summed E-state index contributed by atoms with van der Waals surface area (Å²) in [6, 6.07) is 4.19. The molecule has 21 heavy (non-hydrogen) atoms. The first-order valence-corrected chi connectivity index (χ1v) is 7.05. The highest BCUT2D eigenvalue weighted by molar-refractivity contribution is 6.00. The molecule has 114 valence electrons.